The van der Waals surface area contributed by atoms with Crippen LogP contribution in [0, 0.1) is 0 Å². The molecule has 1 rings (SSSR count). The quantitative estimate of drug-likeness (QED) is 0.532. The van der Waals surface area contributed by atoms with Crippen LogP contribution < -0.4 is 0 Å². The summed E-state index contributed by atoms with van der Waals surface area (Å²) in [4.78, 5) is 24.6. The van der Waals surface area contributed by atoms with Gasteiger partial charge < -0.3 is 9.64 Å². The molecule has 0 amide bonds. The van der Waals surface area contributed by atoms with Gasteiger partial charge in [0.15, 0.2) is 5.78 Å². The van der Waals surface area contributed by atoms with Gasteiger partial charge in [-0.05, 0) is 6.08 Å². The SMILES string of the molecule is C=CC[C@@H](OC(C)=O)[C@H]1CC(=O)C=CN1CC=C. The zero-order valence-electron chi connectivity index (χ0n) is 10.7. The number of carbonyl (C=O) groups excluding carboxylic acids is 2. The fraction of sp³-hybridized carbons (Fsp3) is 0.429. The third-order valence-electron chi connectivity index (χ3n) is 2.77. The van der Waals surface area contributed by atoms with Crippen LogP contribution in [0.15, 0.2) is 37.6 Å². The van der Waals surface area contributed by atoms with E-state index in [1.54, 1.807) is 24.4 Å². The number of ketones is 1. The summed E-state index contributed by atoms with van der Waals surface area (Å²) in [7, 11) is 0. The van der Waals surface area contributed by atoms with Crippen molar-refractivity contribution in [3.05, 3.63) is 37.6 Å². The van der Waals surface area contributed by atoms with Gasteiger partial charge in [0.25, 0.3) is 0 Å². The van der Waals surface area contributed by atoms with Crippen LogP contribution in [0.1, 0.15) is 19.8 Å². The molecule has 0 spiro atoms. The topological polar surface area (TPSA) is 46.6 Å². The van der Waals surface area contributed by atoms with Gasteiger partial charge in [0.2, 0.25) is 0 Å². The molecule has 0 aromatic rings. The first kappa shape index (κ1) is 14.2. The van der Waals surface area contributed by atoms with Crippen molar-refractivity contribution >= 4 is 11.8 Å². The molecule has 1 aliphatic rings. The summed E-state index contributed by atoms with van der Waals surface area (Å²) >= 11 is 0. The Hall–Kier alpha value is -1.84. The maximum absolute atomic E-state index is 11.5. The molecular formula is C14H19NO3. The molecule has 0 fully saturated rings. The van der Waals surface area contributed by atoms with Gasteiger partial charge in [-0.1, -0.05) is 12.2 Å². The molecule has 98 valence electrons. The molecule has 0 unspecified atom stereocenters. The lowest BCUT2D eigenvalue weighted by molar-refractivity contribution is -0.150. The minimum absolute atomic E-state index is 0.0431. The molecule has 0 saturated carbocycles. The van der Waals surface area contributed by atoms with E-state index in [4.69, 9.17) is 4.74 Å². The Labute approximate surface area is 108 Å². The number of rotatable bonds is 6. The Balaban J connectivity index is 2.87. The van der Waals surface area contributed by atoms with E-state index in [9.17, 15) is 9.59 Å². The summed E-state index contributed by atoms with van der Waals surface area (Å²) < 4.78 is 5.28. The minimum Gasteiger partial charge on any atom is -0.460 e. The lowest BCUT2D eigenvalue weighted by Crippen LogP contribution is -2.45. The molecule has 0 aromatic carbocycles. The molecule has 2 atom stereocenters. The zero-order chi connectivity index (χ0) is 13.5. The van der Waals surface area contributed by atoms with E-state index in [0.717, 1.165) is 0 Å². The Morgan fingerprint density at radius 1 is 1.61 bits per heavy atom. The average molecular weight is 249 g/mol. The van der Waals surface area contributed by atoms with E-state index in [2.05, 4.69) is 13.2 Å². The smallest absolute Gasteiger partial charge is 0.302 e. The maximum atomic E-state index is 11.5. The van der Waals surface area contributed by atoms with E-state index in [0.29, 0.717) is 19.4 Å². The largest absolute Gasteiger partial charge is 0.460 e. The first-order chi connectivity index (χ1) is 8.58. The molecule has 0 aliphatic carbocycles. The Morgan fingerprint density at radius 2 is 2.33 bits per heavy atom. The number of ether oxygens (including phenoxy) is 1. The fourth-order valence-electron chi connectivity index (χ4n) is 2.03. The van der Waals surface area contributed by atoms with Crippen molar-refractivity contribution in [2.75, 3.05) is 6.54 Å². The van der Waals surface area contributed by atoms with Crippen molar-refractivity contribution in [2.24, 2.45) is 0 Å². The molecule has 0 saturated heterocycles. The summed E-state index contributed by atoms with van der Waals surface area (Å²) in [6.45, 7) is 9.33. The van der Waals surface area contributed by atoms with Crippen LogP contribution in [0.5, 0.6) is 0 Å². The van der Waals surface area contributed by atoms with Crippen LogP contribution in [-0.4, -0.2) is 35.3 Å². The molecule has 0 radical (unpaired) electrons. The number of nitrogens with zero attached hydrogens (tertiary/aromatic N) is 1. The van der Waals surface area contributed by atoms with E-state index in [1.165, 1.54) is 6.92 Å². The Bertz CT molecular complexity index is 373. The third kappa shape index (κ3) is 3.87. The predicted molar refractivity (Wildman–Crippen MR) is 69.8 cm³/mol. The highest BCUT2D eigenvalue weighted by atomic mass is 16.5. The van der Waals surface area contributed by atoms with Gasteiger partial charge in [-0.3, -0.25) is 9.59 Å². The molecule has 0 aromatic heterocycles. The fourth-order valence-corrected chi connectivity index (χ4v) is 2.03. The predicted octanol–water partition coefficient (Wildman–Crippen LogP) is 1.84. The number of hydrogen-bond acceptors (Lipinski definition) is 4. The maximum Gasteiger partial charge on any atom is 0.302 e. The standard InChI is InChI=1S/C14H19NO3/c1-4-6-14(18-11(3)16)13-10-12(17)7-9-15(13)8-5-2/h4-5,7,9,13-14H,1-2,6,8,10H2,3H3/t13-,14-/m1/s1. The van der Waals surface area contributed by atoms with E-state index in [1.807, 2.05) is 4.90 Å². The number of hydrogen-bond donors (Lipinski definition) is 0. The van der Waals surface area contributed by atoms with Gasteiger partial charge in [-0.15, -0.1) is 13.2 Å². The third-order valence-corrected chi connectivity index (χ3v) is 2.77. The van der Waals surface area contributed by atoms with Crippen molar-refractivity contribution in [2.45, 2.75) is 31.9 Å². The molecule has 1 aliphatic heterocycles. The van der Waals surface area contributed by atoms with Crippen molar-refractivity contribution in [3.63, 3.8) is 0 Å². The molecule has 4 nitrogen and oxygen atoms in total. The van der Waals surface area contributed by atoms with Crippen molar-refractivity contribution in [1.82, 2.24) is 4.90 Å². The van der Waals surface area contributed by atoms with Gasteiger partial charge in [0.05, 0.1) is 6.04 Å². The second kappa shape index (κ2) is 6.79. The van der Waals surface area contributed by atoms with Crippen molar-refractivity contribution in [1.29, 1.82) is 0 Å². The molecule has 0 N–H and O–H groups in total. The average Bonchev–Trinajstić information content (AvgIpc) is 2.30. The van der Waals surface area contributed by atoms with Crippen LogP contribution in [-0.2, 0) is 14.3 Å². The lowest BCUT2D eigenvalue weighted by atomic mass is 9.97. The van der Waals surface area contributed by atoms with E-state index >= 15 is 0 Å². The van der Waals surface area contributed by atoms with Crippen molar-refractivity contribution < 1.29 is 14.3 Å². The van der Waals surface area contributed by atoms with Gasteiger partial charge in [-0.25, -0.2) is 0 Å². The van der Waals surface area contributed by atoms with Crippen LogP contribution in [0.2, 0.25) is 0 Å². The Kier molecular flexibility index (Phi) is 5.36. The van der Waals surface area contributed by atoms with Crippen LogP contribution in [0.3, 0.4) is 0 Å². The number of allylic oxidation sites excluding steroid dienone is 1. The summed E-state index contributed by atoms with van der Waals surface area (Å²) in [6, 6.07) is -0.151. The van der Waals surface area contributed by atoms with Crippen LogP contribution in [0.25, 0.3) is 0 Å². The summed E-state index contributed by atoms with van der Waals surface area (Å²) in [6.07, 6.45) is 7.24. The van der Waals surface area contributed by atoms with Gasteiger partial charge >= 0.3 is 5.97 Å². The lowest BCUT2D eigenvalue weighted by Gasteiger charge is -2.36. The summed E-state index contributed by atoms with van der Waals surface area (Å²) in [5, 5.41) is 0. The highest BCUT2D eigenvalue weighted by molar-refractivity contribution is 5.90. The Morgan fingerprint density at radius 3 is 2.89 bits per heavy atom. The normalized spacial score (nSPS) is 20.4. The first-order valence-corrected chi connectivity index (χ1v) is 5.94. The van der Waals surface area contributed by atoms with E-state index < -0.39 is 0 Å². The monoisotopic (exact) mass is 249 g/mol. The van der Waals surface area contributed by atoms with Gasteiger partial charge in [-0.2, -0.15) is 0 Å². The second-order valence-corrected chi connectivity index (χ2v) is 4.21. The zero-order valence-corrected chi connectivity index (χ0v) is 10.7. The summed E-state index contributed by atoms with van der Waals surface area (Å²) in [5.41, 5.74) is 0. The highest BCUT2D eigenvalue weighted by Crippen LogP contribution is 2.20. The number of carbonyl (C=O) groups is 2. The van der Waals surface area contributed by atoms with Gasteiger partial charge in [0.1, 0.15) is 6.10 Å². The van der Waals surface area contributed by atoms with E-state index in [-0.39, 0.29) is 23.9 Å². The molecule has 4 heteroatoms. The highest BCUT2D eigenvalue weighted by Gasteiger charge is 2.31. The van der Waals surface area contributed by atoms with Crippen molar-refractivity contribution in [3.8, 4) is 0 Å². The molecule has 0 bridgehead atoms. The molecule has 18 heavy (non-hydrogen) atoms. The number of esters is 1. The minimum atomic E-state index is -0.353. The first-order valence-electron chi connectivity index (χ1n) is 5.94. The van der Waals surface area contributed by atoms with Crippen LogP contribution >= 0.6 is 0 Å². The second-order valence-electron chi connectivity index (χ2n) is 4.21. The van der Waals surface area contributed by atoms with Crippen LogP contribution in [0.4, 0.5) is 0 Å². The van der Waals surface area contributed by atoms with Gasteiger partial charge in [0, 0.05) is 32.5 Å². The molecule has 1 heterocycles. The molecular weight excluding hydrogens is 230 g/mol. The summed E-state index contributed by atoms with van der Waals surface area (Å²) in [5.74, 6) is -0.302.